The van der Waals surface area contributed by atoms with Gasteiger partial charge in [0.2, 0.25) is 0 Å². The molecule has 0 nitrogen and oxygen atoms in total. The van der Waals surface area contributed by atoms with Gasteiger partial charge < -0.3 is 0 Å². The van der Waals surface area contributed by atoms with Crippen molar-refractivity contribution in [3.63, 3.8) is 0 Å². The Morgan fingerprint density at radius 2 is 0.750 bits per heavy atom. The molecule has 0 fully saturated rings. The fraction of sp³-hybridized carbons (Fsp3) is 0.200. The third-order valence-corrected chi connectivity index (χ3v) is 0.654. The smallest absolute Gasteiger partial charge is 0.00134 e. The zero-order chi connectivity index (χ0) is 17.1. The van der Waals surface area contributed by atoms with E-state index in [2.05, 4.69) is 78.5 Å². The van der Waals surface area contributed by atoms with E-state index in [9.17, 15) is 0 Å². The predicted octanol–water partition coefficient (Wildman–Crippen LogP) is 2.82. The molecule has 0 N–H and O–H groups in total. The van der Waals surface area contributed by atoms with E-state index in [1.807, 2.05) is 13.8 Å². The van der Waals surface area contributed by atoms with Crippen LogP contribution in [0.4, 0.5) is 0 Å². The second-order valence-electron chi connectivity index (χ2n) is 1.85. The lowest BCUT2D eigenvalue weighted by atomic mass is 10.6. The maximum Gasteiger partial charge on any atom is -0.00134 e. The molecule has 0 heterocycles. The van der Waals surface area contributed by atoms with Crippen LogP contribution in [-0.4, -0.2) is 0 Å². The van der Waals surface area contributed by atoms with Gasteiger partial charge in [0.05, 0.1) is 0 Å². The number of terminal acetylenes is 5. The van der Waals surface area contributed by atoms with Gasteiger partial charge in [-0.2, -0.15) is 0 Å². The molecule has 98 valence electrons. The van der Waals surface area contributed by atoms with Crippen LogP contribution < -0.4 is 0 Å². The monoisotopic (exact) mass is 258 g/mol. The van der Waals surface area contributed by atoms with Gasteiger partial charge in [-0.1, -0.05) is 5.92 Å². The molecule has 0 atom stereocenters. The molecule has 0 unspecified atom stereocenters. The fourth-order valence-corrected chi connectivity index (χ4v) is 0.144. The molecular formula is C20H18. The van der Waals surface area contributed by atoms with Gasteiger partial charge in [0.25, 0.3) is 0 Å². The average molecular weight is 258 g/mol. The molecule has 0 rings (SSSR count). The summed E-state index contributed by atoms with van der Waals surface area (Å²) in [6.45, 7) is 7.00. The molecule has 0 saturated heterocycles. The number of hydrogen-bond acceptors (Lipinski definition) is 0. The maximum absolute atomic E-state index is 4.72. The van der Waals surface area contributed by atoms with Crippen LogP contribution in [0.3, 0.4) is 0 Å². The van der Waals surface area contributed by atoms with E-state index in [4.69, 9.17) is 19.3 Å². The topological polar surface area (TPSA) is 0 Å². The summed E-state index contributed by atoms with van der Waals surface area (Å²) in [5, 5.41) is 0. The Kier molecular flexibility index (Phi) is 116. The summed E-state index contributed by atoms with van der Waals surface area (Å²) in [7, 11) is 0. The molecule has 0 spiro atoms. The first-order chi connectivity index (χ1) is 9.66. The summed E-state index contributed by atoms with van der Waals surface area (Å²) in [4.78, 5) is 0. The van der Waals surface area contributed by atoms with Crippen molar-refractivity contribution < 1.29 is 0 Å². The minimum absolute atomic E-state index is 1.65. The van der Waals surface area contributed by atoms with Gasteiger partial charge in [0, 0.05) is 0 Å². The molecule has 0 bridgehead atoms. The standard InChI is InChI=1S/C6H2.C5H4.C4H6.C3H4.C2H2/c1-3-5-6-4-2;1-3-5-4-2;1-3-4-2;1-3-2;1-2/h1-2H;1H,2H3;1-2H3;1H,2H3;1-2H. The zero-order valence-electron chi connectivity index (χ0n) is 12.5. The number of rotatable bonds is 0. The van der Waals surface area contributed by atoms with Crippen LogP contribution in [0.25, 0.3) is 0 Å². The molecular weight excluding hydrogens is 240 g/mol. The van der Waals surface area contributed by atoms with E-state index < -0.39 is 0 Å². The van der Waals surface area contributed by atoms with E-state index in [0.717, 1.165) is 0 Å². The summed E-state index contributed by atoms with van der Waals surface area (Å²) in [6, 6.07) is 0. The SMILES string of the molecule is C#C.C#CC.C#CC#CC.C#CC#CC#C.CC#CC. The number of hydrogen-bond donors (Lipinski definition) is 0. The van der Waals surface area contributed by atoms with Crippen LogP contribution in [-0.2, 0) is 0 Å². The third kappa shape index (κ3) is 428. The van der Waals surface area contributed by atoms with Gasteiger partial charge >= 0.3 is 0 Å². The summed E-state index contributed by atoms with van der Waals surface area (Å²) in [5.41, 5.74) is 0. The van der Waals surface area contributed by atoms with E-state index in [1.54, 1.807) is 13.8 Å². The van der Waals surface area contributed by atoms with Crippen molar-refractivity contribution in [3.8, 4) is 97.7 Å². The summed E-state index contributed by atoms with van der Waals surface area (Å²) in [6.07, 6.45) is 26.7. The van der Waals surface area contributed by atoms with Gasteiger partial charge in [-0.3, -0.25) is 0 Å². The summed E-state index contributed by atoms with van der Waals surface area (Å²) in [5.74, 6) is 23.3. The van der Waals surface area contributed by atoms with Crippen molar-refractivity contribution in [1.82, 2.24) is 0 Å². The van der Waals surface area contributed by atoms with Crippen molar-refractivity contribution in [1.29, 1.82) is 0 Å². The minimum Gasteiger partial charge on any atom is -0.124 e. The Labute approximate surface area is 126 Å². The zero-order valence-corrected chi connectivity index (χ0v) is 12.5. The molecule has 20 heavy (non-hydrogen) atoms. The summed E-state index contributed by atoms with van der Waals surface area (Å²) >= 11 is 0. The molecule has 0 aliphatic rings. The maximum atomic E-state index is 4.72. The van der Waals surface area contributed by atoms with Gasteiger partial charge in [0.15, 0.2) is 0 Å². The first-order valence-corrected chi connectivity index (χ1v) is 4.99. The molecule has 0 aliphatic heterocycles. The quantitative estimate of drug-likeness (QED) is 0.586. The van der Waals surface area contributed by atoms with E-state index in [1.165, 1.54) is 0 Å². The van der Waals surface area contributed by atoms with Gasteiger partial charge in [0.1, 0.15) is 0 Å². The predicted molar refractivity (Wildman–Crippen MR) is 91.2 cm³/mol. The molecule has 0 aromatic rings. The van der Waals surface area contributed by atoms with Crippen LogP contribution in [0.1, 0.15) is 27.7 Å². The Bertz CT molecular complexity index is 512. The van der Waals surface area contributed by atoms with E-state index in [-0.39, 0.29) is 0 Å². The van der Waals surface area contributed by atoms with Crippen LogP contribution >= 0.6 is 0 Å². The fourth-order valence-electron chi connectivity index (χ4n) is 0.144. The van der Waals surface area contributed by atoms with E-state index >= 15 is 0 Å². The van der Waals surface area contributed by atoms with Crippen molar-refractivity contribution in [2.45, 2.75) is 27.7 Å². The highest BCUT2D eigenvalue weighted by Crippen LogP contribution is 1.43. The van der Waals surface area contributed by atoms with Crippen LogP contribution in [0.15, 0.2) is 0 Å². The van der Waals surface area contributed by atoms with E-state index in [0.29, 0.717) is 0 Å². The Morgan fingerprint density at radius 3 is 0.800 bits per heavy atom. The van der Waals surface area contributed by atoms with Crippen LogP contribution in [0.2, 0.25) is 0 Å². The van der Waals surface area contributed by atoms with Crippen molar-refractivity contribution in [2.24, 2.45) is 0 Å². The van der Waals surface area contributed by atoms with Gasteiger partial charge in [-0.25, -0.2) is 0 Å². The highest BCUT2D eigenvalue weighted by atomic mass is 13.4. The average Bonchev–Trinajstić information content (AvgIpc) is 2.49. The lowest BCUT2D eigenvalue weighted by Crippen LogP contribution is -1.42. The molecule has 0 aliphatic carbocycles. The molecule has 0 saturated carbocycles. The lowest BCUT2D eigenvalue weighted by molar-refractivity contribution is 1.83. The minimum atomic E-state index is 1.65. The molecule has 0 heteroatoms. The first-order valence-electron chi connectivity index (χ1n) is 4.99. The second-order valence-corrected chi connectivity index (χ2v) is 1.85. The lowest BCUT2D eigenvalue weighted by Gasteiger charge is -1.43. The Balaban J connectivity index is -0.0000000492. The van der Waals surface area contributed by atoms with Crippen molar-refractivity contribution in [2.75, 3.05) is 0 Å². The first kappa shape index (κ1) is 30.0. The van der Waals surface area contributed by atoms with Gasteiger partial charge in [-0.15, -0.1) is 56.3 Å². The Morgan fingerprint density at radius 1 is 0.500 bits per heavy atom. The third-order valence-electron chi connectivity index (χ3n) is 0.654. The molecule has 0 aromatic heterocycles. The summed E-state index contributed by atoms with van der Waals surface area (Å²) < 4.78 is 0. The molecule has 0 aromatic carbocycles. The highest BCUT2D eigenvalue weighted by molar-refractivity contribution is 5.31. The largest absolute Gasteiger partial charge is 0.124 e. The molecule has 0 radical (unpaired) electrons. The molecule has 0 amide bonds. The van der Waals surface area contributed by atoms with Crippen LogP contribution in [0, 0.1) is 97.7 Å². The second kappa shape index (κ2) is 77.3. The Hall–Kier alpha value is -3.52. The normalized spacial score (nSPS) is 2.90. The van der Waals surface area contributed by atoms with Gasteiger partial charge in [-0.05, 0) is 63.2 Å². The van der Waals surface area contributed by atoms with Crippen LogP contribution in [0.5, 0.6) is 0 Å². The van der Waals surface area contributed by atoms with Crippen molar-refractivity contribution in [3.05, 3.63) is 0 Å². The van der Waals surface area contributed by atoms with Crippen molar-refractivity contribution >= 4 is 0 Å². The highest BCUT2D eigenvalue weighted by Gasteiger charge is 1.41.